The summed E-state index contributed by atoms with van der Waals surface area (Å²) < 4.78 is 0. The van der Waals surface area contributed by atoms with E-state index in [0.717, 1.165) is 0 Å². The van der Waals surface area contributed by atoms with Crippen molar-refractivity contribution in [3.05, 3.63) is 0 Å². The van der Waals surface area contributed by atoms with Crippen molar-refractivity contribution >= 4 is 7.26 Å². The van der Waals surface area contributed by atoms with Crippen LogP contribution < -0.4 is 24.0 Å². The van der Waals surface area contributed by atoms with E-state index < -0.39 is 7.26 Å². The van der Waals surface area contributed by atoms with E-state index >= 15 is 0 Å². The number of halogens is 1. The van der Waals surface area contributed by atoms with Gasteiger partial charge in [-0.15, -0.1) is 0 Å². The van der Waals surface area contributed by atoms with Crippen LogP contribution in [0.2, 0.25) is 0 Å². The van der Waals surface area contributed by atoms with Crippen molar-refractivity contribution in [3.8, 4) is 0 Å². The second-order valence-electron chi connectivity index (χ2n) is 14.8. The fourth-order valence-corrected chi connectivity index (χ4v) is 12.3. The van der Waals surface area contributed by atoms with E-state index in [2.05, 4.69) is 27.7 Å². The van der Waals surface area contributed by atoms with Gasteiger partial charge in [0.05, 0.1) is 24.6 Å². The summed E-state index contributed by atoms with van der Waals surface area (Å²) in [5.74, 6) is 0. The van der Waals surface area contributed by atoms with Gasteiger partial charge in [0.25, 0.3) is 0 Å². The smallest absolute Gasteiger partial charge is 0.0594 e. The predicted octanol–water partition coefficient (Wildman–Crippen LogP) is 13.4. The maximum absolute atomic E-state index is 2.39. The summed E-state index contributed by atoms with van der Waals surface area (Å²) in [4.78, 5) is 0. The first-order chi connectivity index (χ1) is 21.2. The molecule has 0 aromatic heterocycles. The first-order valence-electron chi connectivity index (χ1n) is 21.1. The van der Waals surface area contributed by atoms with Crippen LogP contribution in [0.15, 0.2) is 0 Å². The molecule has 0 atom stereocenters. The topological polar surface area (TPSA) is 0 Å². The summed E-state index contributed by atoms with van der Waals surface area (Å²) in [5, 5.41) is 0. The molecule has 0 N–H and O–H groups in total. The lowest BCUT2D eigenvalue weighted by atomic mass is 10.1. The van der Waals surface area contributed by atoms with Gasteiger partial charge in [-0.2, -0.15) is 0 Å². The first-order valence-corrected chi connectivity index (χ1v) is 23.6. The minimum atomic E-state index is -0.758. The minimum Gasteiger partial charge on any atom is -1.00 e. The average molecular weight is 751 g/mol. The maximum atomic E-state index is 2.39. The highest BCUT2D eigenvalue weighted by molar-refractivity contribution is 7.75. The van der Waals surface area contributed by atoms with Gasteiger partial charge in [0.15, 0.2) is 0 Å². The Kier molecular flexibility index (Phi) is 43.3. The SMILES string of the molecule is CCCCCCCCCCCC[P+](CCCCCC)(CCCCCCCCCCCC)CCCCCCCCCCCC.[I-]. The third kappa shape index (κ3) is 34.5. The summed E-state index contributed by atoms with van der Waals surface area (Å²) in [6, 6.07) is 0. The molecule has 0 fully saturated rings. The molecular weight excluding hydrogens is 662 g/mol. The van der Waals surface area contributed by atoms with Crippen LogP contribution in [0, 0.1) is 0 Å². The van der Waals surface area contributed by atoms with E-state index in [1.807, 2.05) is 0 Å². The molecule has 0 amide bonds. The summed E-state index contributed by atoms with van der Waals surface area (Å²) in [6.45, 7) is 9.39. The average Bonchev–Trinajstić information content (AvgIpc) is 3.02. The molecule has 0 aliphatic carbocycles. The Morgan fingerprint density at radius 2 is 0.341 bits per heavy atom. The molecule has 0 saturated carbocycles. The normalized spacial score (nSPS) is 11.7. The third-order valence-electron chi connectivity index (χ3n) is 10.4. The highest BCUT2D eigenvalue weighted by Gasteiger charge is 2.34. The van der Waals surface area contributed by atoms with Gasteiger partial charge >= 0.3 is 0 Å². The molecule has 0 unspecified atom stereocenters. The standard InChI is InChI=1S/C42H88P.HI/c1-5-9-13-17-20-23-26-29-32-36-40-43(39-35-16-12-8-4,41-37-33-30-27-24-21-18-14-10-6-2)42-38-34-31-28-25-22-19-15-11-7-3;/h5-42H2,1-4H3;1H/q+1;/p-1. The molecule has 268 valence electrons. The Balaban J connectivity index is 0. The zero-order chi connectivity index (χ0) is 31.4. The first kappa shape index (κ1) is 47.3. The lowest BCUT2D eigenvalue weighted by Gasteiger charge is -2.28. The van der Waals surface area contributed by atoms with E-state index in [4.69, 9.17) is 0 Å². The van der Waals surface area contributed by atoms with Crippen LogP contribution in [0.1, 0.15) is 246 Å². The van der Waals surface area contributed by atoms with E-state index in [1.165, 1.54) is 193 Å². The fraction of sp³-hybridized carbons (Fsp3) is 1.00. The maximum Gasteiger partial charge on any atom is 0.0594 e. The zero-order valence-electron chi connectivity index (χ0n) is 31.7. The van der Waals surface area contributed by atoms with Crippen LogP contribution >= 0.6 is 7.26 Å². The molecule has 2 heteroatoms. The molecule has 0 aliphatic heterocycles. The monoisotopic (exact) mass is 751 g/mol. The largest absolute Gasteiger partial charge is 1.00 e. The van der Waals surface area contributed by atoms with Crippen molar-refractivity contribution in [2.24, 2.45) is 0 Å². The van der Waals surface area contributed by atoms with Gasteiger partial charge in [-0.3, -0.25) is 0 Å². The summed E-state index contributed by atoms with van der Waals surface area (Å²) in [6.07, 6.45) is 57.2. The molecule has 0 heterocycles. The van der Waals surface area contributed by atoms with Crippen LogP contribution in [0.25, 0.3) is 0 Å². The molecule has 0 saturated heterocycles. The lowest BCUT2D eigenvalue weighted by molar-refractivity contribution is -0.00000974. The van der Waals surface area contributed by atoms with Crippen molar-refractivity contribution in [2.45, 2.75) is 246 Å². The number of rotatable bonds is 38. The van der Waals surface area contributed by atoms with Crippen LogP contribution in [-0.2, 0) is 0 Å². The molecular formula is C42H88IP. The summed E-state index contributed by atoms with van der Waals surface area (Å²) >= 11 is 0. The van der Waals surface area contributed by atoms with Crippen molar-refractivity contribution < 1.29 is 24.0 Å². The van der Waals surface area contributed by atoms with Crippen LogP contribution in [-0.4, -0.2) is 24.6 Å². The van der Waals surface area contributed by atoms with Crippen molar-refractivity contribution in [2.75, 3.05) is 24.6 Å². The molecule has 0 rings (SSSR count). The Bertz CT molecular complexity index is 432. The van der Waals surface area contributed by atoms with Crippen LogP contribution in [0.3, 0.4) is 0 Å². The summed E-state index contributed by atoms with van der Waals surface area (Å²) in [5.41, 5.74) is 0. The van der Waals surface area contributed by atoms with Crippen molar-refractivity contribution in [1.82, 2.24) is 0 Å². The van der Waals surface area contributed by atoms with Crippen molar-refractivity contribution in [1.29, 1.82) is 0 Å². The highest BCUT2D eigenvalue weighted by Crippen LogP contribution is 2.61. The van der Waals surface area contributed by atoms with Gasteiger partial charge in [0.2, 0.25) is 0 Å². The Labute approximate surface area is 300 Å². The van der Waals surface area contributed by atoms with Gasteiger partial charge in [0.1, 0.15) is 0 Å². The fourth-order valence-electron chi connectivity index (χ4n) is 7.35. The number of hydrogen-bond acceptors (Lipinski definition) is 0. The lowest BCUT2D eigenvalue weighted by Crippen LogP contribution is -3.00. The number of unbranched alkanes of at least 4 members (excludes halogenated alkanes) is 30. The predicted molar refractivity (Wildman–Crippen MR) is 206 cm³/mol. The molecule has 0 radical (unpaired) electrons. The van der Waals surface area contributed by atoms with E-state index in [1.54, 1.807) is 50.3 Å². The Morgan fingerprint density at radius 3 is 0.523 bits per heavy atom. The molecule has 0 bridgehead atoms. The van der Waals surface area contributed by atoms with Gasteiger partial charge in [-0.05, 0) is 51.4 Å². The molecule has 44 heavy (non-hydrogen) atoms. The van der Waals surface area contributed by atoms with E-state index in [9.17, 15) is 0 Å². The van der Waals surface area contributed by atoms with Gasteiger partial charge < -0.3 is 24.0 Å². The number of hydrogen-bond donors (Lipinski definition) is 0. The third-order valence-corrected chi connectivity index (χ3v) is 15.5. The second-order valence-corrected chi connectivity index (χ2v) is 19.3. The van der Waals surface area contributed by atoms with Crippen LogP contribution in [0.5, 0.6) is 0 Å². The quantitative estimate of drug-likeness (QED) is 0.0335. The van der Waals surface area contributed by atoms with Gasteiger partial charge in [-0.25, -0.2) is 0 Å². The van der Waals surface area contributed by atoms with E-state index in [-0.39, 0.29) is 24.0 Å². The van der Waals surface area contributed by atoms with Gasteiger partial charge in [-0.1, -0.05) is 195 Å². The molecule has 0 nitrogen and oxygen atoms in total. The molecule has 0 spiro atoms. The zero-order valence-corrected chi connectivity index (χ0v) is 34.7. The van der Waals surface area contributed by atoms with E-state index in [0.29, 0.717) is 0 Å². The van der Waals surface area contributed by atoms with Crippen molar-refractivity contribution in [3.63, 3.8) is 0 Å². The summed E-state index contributed by atoms with van der Waals surface area (Å²) in [7, 11) is -0.758. The highest BCUT2D eigenvalue weighted by atomic mass is 127. The minimum absolute atomic E-state index is 0. The van der Waals surface area contributed by atoms with Crippen LogP contribution in [0.4, 0.5) is 0 Å². The molecule has 0 aromatic carbocycles. The Morgan fingerprint density at radius 1 is 0.205 bits per heavy atom. The van der Waals surface area contributed by atoms with Gasteiger partial charge in [0, 0.05) is 7.26 Å². The molecule has 0 aromatic rings. The Hall–Kier alpha value is 1.16. The second kappa shape index (κ2) is 40.3. The molecule has 0 aliphatic rings.